The average molecular weight is 297 g/mol. The van der Waals surface area contributed by atoms with Crippen molar-refractivity contribution in [3.05, 3.63) is 50.9 Å². The van der Waals surface area contributed by atoms with Crippen molar-refractivity contribution in [1.29, 1.82) is 0 Å². The van der Waals surface area contributed by atoms with Crippen LogP contribution in [0.3, 0.4) is 0 Å². The lowest BCUT2D eigenvalue weighted by Gasteiger charge is -2.16. The van der Waals surface area contributed by atoms with Crippen LogP contribution in [0.25, 0.3) is 0 Å². The van der Waals surface area contributed by atoms with E-state index in [9.17, 15) is 4.79 Å². The highest BCUT2D eigenvalue weighted by Gasteiger charge is 2.13. The summed E-state index contributed by atoms with van der Waals surface area (Å²) in [4.78, 5) is 18.1. The van der Waals surface area contributed by atoms with Crippen molar-refractivity contribution in [2.75, 3.05) is 7.05 Å². The van der Waals surface area contributed by atoms with Crippen LogP contribution in [0.5, 0.6) is 0 Å². The third-order valence-electron chi connectivity index (χ3n) is 2.59. The summed E-state index contributed by atoms with van der Waals surface area (Å²) in [6.45, 7) is 1.26. The van der Waals surface area contributed by atoms with E-state index in [-0.39, 0.29) is 5.69 Å². The maximum atomic E-state index is 11.1. The van der Waals surface area contributed by atoms with Gasteiger partial charge in [0, 0.05) is 24.2 Å². The van der Waals surface area contributed by atoms with Crippen LogP contribution in [-0.2, 0) is 13.1 Å². The van der Waals surface area contributed by atoms with E-state index < -0.39 is 5.97 Å². The molecule has 100 valence electrons. The van der Waals surface area contributed by atoms with Crippen LogP contribution >= 0.6 is 22.9 Å². The predicted molar refractivity (Wildman–Crippen MR) is 75.7 cm³/mol. The molecule has 0 radical (unpaired) electrons. The molecular weight excluding hydrogens is 284 g/mol. The highest BCUT2D eigenvalue weighted by atomic mass is 35.5. The number of nitrogens with zero attached hydrogens (tertiary/aromatic N) is 2. The molecule has 0 aliphatic carbocycles. The zero-order valence-corrected chi connectivity index (χ0v) is 11.9. The minimum Gasteiger partial charge on any atom is -0.477 e. The standard InChI is InChI=1S/C13H13ClN2O2S/c1-16(8-10-4-5-11(14)19-10)7-9-3-2-6-15-12(9)13(17)18/h2-6H,7-8H2,1H3,(H,17,18). The van der Waals surface area contributed by atoms with Gasteiger partial charge < -0.3 is 5.11 Å². The van der Waals surface area contributed by atoms with Gasteiger partial charge in [-0.15, -0.1) is 11.3 Å². The molecule has 0 fully saturated rings. The summed E-state index contributed by atoms with van der Waals surface area (Å²) in [6, 6.07) is 7.37. The predicted octanol–water partition coefficient (Wildman–Crippen LogP) is 3.13. The summed E-state index contributed by atoms with van der Waals surface area (Å²) in [5.41, 5.74) is 0.818. The highest BCUT2D eigenvalue weighted by Crippen LogP contribution is 2.23. The Hall–Kier alpha value is -1.43. The zero-order chi connectivity index (χ0) is 13.8. The summed E-state index contributed by atoms with van der Waals surface area (Å²) < 4.78 is 0.760. The number of aromatic carboxylic acids is 1. The van der Waals surface area contributed by atoms with Gasteiger partial charge >= 0.3 is 5.97 Å². The maximum absolute atomic E-state index is 11.1. The van der Waals surface area contributed by atoms with Gasteiger partial charge in [0.05, 0.1) is 4.34 Å². The van der Waals surface area contributed by atoms with Gasteiger partial charge in [0.15, 0.2) is 5.69 Å². The summed E-state index contributed by atoms with van der Waals surface area (Å²) in [6.07, 6.45) is 1.49. The topological polar surface area (TPSA) is 53.4 Å². The lowest BCUT2D eigenvalue weighted by molar-refractivity contribution is 0.0688. The molecule has 0 saturated carbocycles. The lowest BCUT2D eigenvalue weighted by atomic mass is 10.2. The number of halogens is 1. The van der Waals surface area contributed by atoms with Crippen LogP contribution in [0.1, 0.15) is 20.9 Å². The monoisotopic (exact) mass is 296 g/mol. The molecule has 6 heteroatoms. The zero-order valence-electron chi connectivity index (χ0n) is 10.3. The fourth-order valence-electron chi connectivity index (χ4n) is 1.81. The normalized spacial score (nSPS) is 10.9. The number of pyridine rings is 1. The fourth-order valence-corrected chi connectivity index (χ4v) is 2.98. The first kappa shape index (κ1) is 14.0. The van der Waals surface area contributed by atoms with E-state index in [1.54, 1.807) is 12.1 Å². The van der Waals surface area contributed by atoms with Crippen molar-refractivity contribution in [2.24, 2.45) is 0 Å². The molecular formula is C13H13ClN2O2S. The molecule has 1 N–H and O–H groups in total. The van der Waals surface area contributed by atoms with Crippen molar-refractivity contribution < 1.29 is 9.90 Å². The van der Waals surface area contributed by atoms with Gasteiger partial charge in [-0.1, -0.05) is 17.7 Å². The summed E-state index contributed by atoms with van der Waals surface area (Å²) >= 11 is 7.41. The molecule has 0 amide bonds. The maximum Gasteiger partial charge on any atom is 0.354 e. The van der Waals surface area contributed by atoms with E-state index in [1.165, 1.54) is 17.5 Å². The van der Waals surface area contributed by atoms with Gasteiger partial charge in [-0.3, -0.25) is 4.90 Å². The van der Waals surface area contributed by atoms with Crippen LogP contribution in [0.4, 0.5) is 0 Å². The van der Waals surface area contributed by atoms with Gasteiger partial charge in [0.1, 0.15) is 0 Å². The second-order valence-corrected chi connectivity index (χ2v) is 5.99. The summed E-state index contributed by atoms with van der Waals surface area (Å²) in [7, 11) is 1.94. The Labute approximate surface area is 120 Å². The van der Waals surface area contributed by atoms with Gasteiger partial charge in [0.25, 0.3) is 0 Å². The molecule has 2 aromatic rings. The molecule has 0 aromatic carbocycles. The van der Waals surface area contributed by atoms with Crippen LogP contribution in [0.15, 0.2) is 30.5 Å². The third-order valence-corrected chi connectivity index (χ3v) is 3.80. The first-order valence-corrected chi connectivity index (χ1v) is 6.85. The van der Waals surface area contributed by atoms with Gasteiger partial charge in [-0.05, 0) is 30.8 Å². The smallest absolute Gasteiger partial charge is 0.354 e. The molecule has 0 aliphatic rings. The number of carbonyl (C=O) groups is 1. The average Bonchev–Trinajstić information content (AvgIpc) is 2.75. The minimum atomic E-state index is -0.997. The summed E-state index contributed by atoms with van der Waals surface area (Å²) in [5.74, 6) is -0.997. The molecule has 0 spiro atoms. The van der Waals surface area contributed by atoms with E-state index in [4.69, 9.17) is 16.7 Å². The Kier molecular flexibility index (Phi) is 4.52. The van der Waals surface area contributed by atoms with Crippen molar-refractivity contribution in [3.63, 3.8) is 0 Å². The van der Waals surface area contributed by atoms with E-state index in [2.05, 4.69) is 4.98 Å². The molecule has 2 aromatic heterocycles. The Morgan fingerprint density at radius 1 is 1.42 bits per heavy atom. The molecule has 4 nitrogen and oxygen atoms in total. The molecule has 0 aliphatic heterocycles. The minimum absolute atomic E-state index is 0.110. The largest absolute Gasteiger partial charge is 0.477 e. The number of carboxylic acids is 1. The van der Waals surface area contributed by atoms with Crippen molar-refractivity contribution in [1.82, 2.24) is 9.88 Å². The number of thiophene rings is 1. The molecule has 0 saturated heterocycles. The number of hydrogen-bond donors (Lipinski definition) is 1. The van der Waals surface area contributed by atoms with Crippen molar-refractivity contribution >= 4 is 28.9 Å². The molecule has 0 bridgehead atoms. The van der Waals surface area contributed by atoms with Crippen molar-refractivity contribution in [3.8, 4) is 0 Å². The van der Waals surface area contributed by atoms with Gasteiger partial charge in [-0.25, -0.2) is 9.78 Å². The Balaban J connectivity index is 2.06. The number of aromatic nitrogens is 1. The Bertz CT molecular complexity index is 586. The van der Waals surface area contributed by atoms with Gasteiger partial charge in [-0.2, -0.15) is 0 Å². The number of hydrogen-bond acceptors (Lipinski definition) is 4. The quantitative estimate of drug-likeness (QED) is 0.921. The van der Waals surface area contributed by atoms with E-state index >= 15 is 0 Å². The number of rotatable bonds is 5. The van der Waals surface area contributed by atoms with Crippen LogP contribution in [0.2, 0.25) is 4.34 Å². The van der Waals surface area contributed by atoms with Crippen LogP contribution in [-0.4, -0.2) is 28.0 Å². The second kappa shape index (κ2) is 6.14. The molecule has 0 unspecified atom stereocenters. The SMILES string of the molecule is CN(Cc1ccc(Cl)s1)Cc1cccnc1C(=O)O. The second-order valence-electron chi connectivity index (χ2n) is 4.19. The fraction of sp³-hybridized carbons (Fsp3) is 0.231. The van der Waals surface area contributed by atoms with Crippen LogP contribution in [0, 0.1) is 0 Å². The van der Waals surface area contributed by atoms with E-state index in [1.807, 2.05) is 24.1 Å². The van der Waals surface area contributed by atoms with E-state index in [0.29, 0.717) is 12.1 Å². The Morgan fingerprint density at radius 3 is 2.84 bits per heavy atom. The third kappa shape index (κ3) is 3.76. The Morgan fingerprint density at radius 2 is 2.21 bits per heavy atom. The molecule has 0 atom stereocenters. The van der Waals surface area contributed by atoms with Crippen molar-refractivity contribution in [2.45, 2.75) is 13.1 Å². The van der Waals surface area contributed by atoms with Crippen LogP contribution < -0.4 is 0 Å². The molecule has 19 heavy (non-hydrogen) atoms. The van der Waals surface area contributed by atoms with E-state index in [0.717, 1.165) is 15.8 Å². The first-order valence-electron chi connectivity index (χ1n) is 5.66. The highest BCUT2D eigenvalue weighted by molar-refractivity contribution is 7.16. The number of carboxylic acid groups (broad SMARTS) is 1. The van der Waals surface area contributed by atoms with Gasteiger partial charge in [0.2, 0.25) is 0 Å². The molecule has 2 rings (SSSR count). The first-order chi connectivity index (χ1) is 9.06. The summed E-state index contributed by atoms with van der Waals surface area (Å²) in [5, 5.41) is 9.08. The molecule has 2 heterocycles. The lowest BCUT2D eigenvalue weighted by Crippen LogP contribution is -2.19.